The molecule has 4 aromatic rings. The molecule has 1 heterocycles. The lowest BCUT2D eigenvalue weighted by atomic mass is 10.1. The van der Waals surface area contributed by atoms with Gasteiger partial charge in [0.05, 0.1) is 23.5 Å². The average molecular weight is 456 g/mol. The highest BCUT2D eigenvalue weighted by Gasteiger charge is 2.26. The summed E-state index contributed by atoms with van der Waals surface area (Å²) in [5.41, 5.74) is 3.20. The molecule has 1 aromatic heterocycles. The zero-order chi connectivity index (χ0) is 23.9. The third kappa shape index (κ3) is 5.15. The van der Waals surface area contributed by atoms with Crippen LogP contribution in [0, 0.1) is 6.92 Å². The number of hydrogen-bond donors (Lipinski definition) is 1. The average Bonchev–Trinajstić information content (AvgIpc) is 3.30. The van der Waals surface area contributed by atoms with Gasteiger partial charge in [0.2, 0.25) is 6.10 Å². The van der Waals surface area contributed by atoms with Crippen LogP contribution in [0.5, 0.6) is 5.75 Å². The van der Waals surface area contributed by atoms with Gasteiger partial charge in [0, 0.05) is 17.5 Å². The number of para-hydroxylation sites is 2. The molecule has 0 bridgehead atoms. The molecule has 0 radical (unpaired) electrons. The van der Waals surface area contributed by atoms with E-state index >= 15 is 0 Å². The number of ether oxygens (including phenoxy) is 2. The van der Waals surface area contributed by atoms with Gasteiger partial charge >= 0.3 is 5.97 Å². The van der Waals surface area contributed by atoms with Crippen LogP contribution in [0.3, 0.4) is 0 Å². The Morgan fingerprint density at radius 2 is 1.65 bits per heavy atom. The minimum absolute atomic E-state index is 0.331. The lowest BCUT2D eigenvalue weighted by molar-refractivity contribution is -0.125. The van der Waals surface area contributed by atoms with Crippen LogP contribution in [0.15, 0.2) is 91.1 Å². The fourth-order valence-electron chi connectivity index (χ4n) is 3.50. The van der Waals surface area contributed by atoms with Crippen LogP contribution < -0.4 is 10.1 Å². The minimum atomic E-state index is -1.14. The quantitative estimate of drug-likeness (QED) is 0.373. The Morgan fingerprint density at radius 3 is 2.32 bits per heavy atom. The number of esters is 1. The first-order valence-corrected chi connectivity index (χ1v) is 11.0. The molecule has 0 fully saturated rings. The molecular weight excluding hydrogens is 430 g/mol. The van der Waals surface area contributed by atoms with E-state index in [9.17, 15) is 9.59 Å². The number of nitrogens with one attached hydrogen (secondary N) is 1. The maximum absolute atomic E-state index is 13.2. The van der Waals surface area contributed by atoms with Gasteiger partial charge < -0.3 is 14.8 Å². The number of anilines is 1. The number of hydrogen-bond acceptors (Lipinski definition) is 5. The number of aromatic nitrogens is 2. The van der Waals surface area contributed by atoms with E-state index in [0.717, 1.165) is 11.4 Å². The summed E-state index contributed by atoms with van der Waals surface area (Å²) in [6.45, 7) is 4.27. The molecule has 7 heteroatoms. The van der Waals surface area contributed by atoms with Crippen molar-refractivity contribution in [1.82, 2.24) is 9.78 Å². The van der Waals surface area contributed by atoms with Gasteiger partial charge in [-0.05, 0) is 56.3 Å². The molecule has 0 saturated heterocycles. The Kier molecular flexibility index (Phi) is 7.03. The first kappa shape index (κ1) is 22.8. The summed E-state index contributed by atoms with van der Waals surface area (Å²) in [7, 11) is 0. The predicted octanol–water partition coefficient (Wildman–Crippen LogP) is 5.12. The topological polar surface area (TPSA) is 82.5 Å². The molecule has 3 aromatic carbocycles. The number of carbonyl (C=O) groups is 2. The molecule has 1 atom stereocenters. The Balaban J connectivity index is 1.55. The normalized spacial score (nSPS) is 11.5. The highest BCUT2D eigenvalue weighted by molar-refractivity contribution is 5.99. The summed E-state index contributed by atoms with van der Waals surface area (Å²) in [5.74, 6) is -0.540. The number of aryl methyl sites for hydroxylation is 1. The molecule has 0 aliphatic carbocycles. The molecule has 0 spiro atoms. The van der Waals surface area contributed by atoms with E-state index in [0.29, 0.717) is 29.2 Å². The van der Waals surface area contributed by atoms with E-state index in [1.54, 1.807) is 77.6 Å². The maximum Gasteiger partial charge on any atom is 0.339 e. The van der Waals surface area contributed by atoms with Crippen molar-refractivity contribution in [2.75, 3.05) is 11.9 Å². The molecule has 0 saturated carbocycles. The second-order valence-corrected chi connectivity index (χ2v) is 7.55. The molecule has 4 rings (SSSR count). The van der Waals surface area contributed by atoms with E-state index in [-0.39, 0.29) is 0 Å². The molecule has 0 aliphatic rings. The largest absolute Gasteiger partial charge is 0.492 e. The van der Waals surface area contributed by atoms with Crippen molar-refractivity contribution in [2.45, 2.75) is 20.0 Å². The molecule has 1 N–H and O–H groups in total. The molecule has 1 unspecified atom stereocenters. The lowest BCUT2D eigenvalue weighted by Crippen LogP contribution is -2.26. The van der Waals surface area contributed by atoms with E-state index in [1.165, 1.54) is 0 Å². The highest BCUT2D eigenvalue weighted by Crippen LogP contribution is 2.27. The van der Waals surface area contributed by atoms with E-state index < -0.39 is 18.0 Å². The first-order valence-electron chi connectivity index (χ1n) is 11.0. The molecular formula is C27H25N3O4. The van der Waals surface area contributed by atoms with Gasteiger partial charge in [-0.25, -0.2) is 9.48 Å². The second-order valence-electron chi connectivity index (χ2n) is 7.55. The van der Waals surface area contributed by atoms with Crippen molar-refractivity contribution in [1.29, 1.82) is 0 Å². The second kappa shape index (κ2) is 10.5. The third-order valence-corrected chi connectivity index (χ3v) is 5.19. The van der Waals surface area contributed by atoms with Crippen LogP contribution in [-0.4, -0.2) is 28.3 Å². The van der Waals surface area contributed by atoms with Gasteiger partial charge in [-0.2, -0.15) is 5.10 Å². The van der Waals surface area contributed by atoms with E-state index in [2.05, 4.69) is 10.4 Å². The fraction of sp³-hybridized carbons (Fsp3) is 0.148. The van der Waals surface area contributed by atoms with Gasteiger partial charge in [0.15, 0.2) is 0 Å². The van der Waals surface area contributed by atoms with Gasteiger partial charge in [0.25, 0.3) is 5.91 Å². The van der Waals surface area contributed by atoms with Crippen molar-refractivity contribution in [3.05, 3.63) is 108 Å². The molecule has 172 valence electrons. The van der Waals surface area contributed by atoms with Crippen LogP contribution >= 0.6 is 0 Å². The van der Waals surface area contributed by atoms with Gasteiger partial charge in [-0.15, -0.1) is 0 Å². The Bertz CT molecular complexity index is 1270. The number of benzene rings is 3. The van der Waals surface area contributed by atoms with Crippen molar-refractivity contribution >= 4 is 17.6 Å². The monoisotopic (exact) mass is 455 g/mol. The predicted molar refractivity (Wildman–Crippen MR) is 129 cm³/mol. The zero-order valence-electron chi connectivity index (χ0n) is 19.0. The number of nitrogens with zero attached hydrogens (tertiary/aromatic N) is 2. The fourth-order valence-corrected chi connectivity index (χ4v) is 3.50. The summed E-state index contributed by atoms with van der Waals surface area (Å²) in [6, 6.07) is 24.8. The SMILES string of the molecule is CCOc1ccccc1NC(=O)C(OC(=O)c1ccc(-n2nccc2C)cc1)c1ccccc1. The van der Waals surface area contributed by atoms with Crippen LogP contribution in [0.25, 0.3) is 5.69 Å². The Labute approximate surface area is 197 Å². The smallest absolute Gasteiger partial charge is 0.339 e. The molecule has 1 amide bonds. The van der Waals surface area contributed by atoms with E-state index in [4.69, 9.17) is 9.47 Å². The van der Waals surface area contributed by atoms with E-state index in [1.807, 2.05) is 32.0 Å². The Morgan fingerprint density at radius 1 is 0.941 bits per heavy atom. The van der Waals surface area contributed by atoms with Gasteiger partial charge in [0.1, 0.15) is 5.75 Å². The van der Waals surface area contributed by atoms with Crippen molar-refractivity contribution in [2.24, 2.45) is 0 Å². The van der Waals surface area contributed by atoms with Gasteiger partial charge in [-0.3, -0.25) is 4.79 Å². The summed E-state index contributed by atoms with van der Waals surface area (Å²) < 4.78 is 13.1. The standard InChI is InChI=1S/C27H25N3O4/c1-3-33-24-12-8-7-11-23(24)29-26(31)25(20-9-5-4-6-10-20)34-27(32)21-13-15-22(16-14-21)30-19(2)17-18-28-30/h4-18,25H,3H2,1-2H3,(H,29,31). The van der Waals surface area contributed by atoms with Gasteiger partial charge in [-0.1, -0.05) is 42.5 Å². The lowest BCUT2D eigenvalue weighted by Gasteiger charge is -2.19. The van der Waals surface area contributed by atoms with Crippen LogP contribution in [0.1, 0.15) is 34.6 Å². The van der Waals surface area contributed by atoms with Crippen molar-refractivity contribution < 1.29 is 19.1 Å². The first-order chi connectivity index (χ1) is 16.6. The minimum Gasteiger partial charge on any atom is -0.492 e. The third-order valence-electron chi connectivity index (χ3n) is 5.19. The maximum atomic E-state index is 13.2. The van der Waals surface area contributed by atoms with Crippen LogP contribution in [0.2, 0.25) is 0 Å². The zero-order valence-corrected chi connectivity index (χ0v) is 19.0. The highest BCUT2D eigenvalue weighted by atomic mass is 16.5. The Hall–Kier alpha value is -4.39. The molecule has 7 nitrogen and oxygen atoms in total. The number of amides is 1. The van der Waals surface area contributed by atoms with Crippen molar-refractivity contribution in [3.8, 4) is 11.4 Å². The summed E-state index contributed by atoms with van der Waals surface area (Å²) >= 11 is 0. The summed E-state index contributed by atoms with van der Waals surface area (Å²) in [6.07, 6.45) is 0.570. The molecule has 0 aliphatic heterocycles. The molecule has 34 heavy (non-hydrogen) atoms. The van der Waals surface area contributed by atoms with Crippen LogP contribution in [-0.2, 0) is 9.53 Å². The number of rotatable bonds is 8. The number of carbonyl (C=O) groups excluding carboxylic acids is 2. The summed E-state index contributed by atoms with van der Waals surface area (Å²) in [4.78, 5) is 26.2. The summed E-state index contributed by atoms with van der Waals surface area (Å²) in [5, 5.41) is 7.10. The van der Waals surface area contributed by atoms with Crippen LogP contribution in [0.4, 0.5) is 5.69 Å². The van der Waals surface area contributed by atoms with Crippen molar-refractivity contribution in [3.63, 3.8) is 0 Å².